The summed E-state index contributed by atoms with van der Waals surface area (Å²) in [4.78, 5) is 16.7. The zero-order valence-corrected chi connectivity index (χ0v) is 23.3. The lowest BCUT2D eigenvalue weighted by molar-refractivity contribution is 0.624. The highest BCUT2D eigenvalue weighted by molar-refractivity contribution is 5.93. The largest absolute Gasteiger partial charge is 0.335 e. The number of H-pyrrole nitrogens is 2. The van der Waals surface area contributed by atoms with Crippen LogP contribution in [0.25, 0.3) is 51.4 Å². The van der Waals surface area contributed by atoms with Crippen molar-refractivity contribution in [1.29, 1.82) is 0 Å². The number of rotatable bonds is 6. The average molecular weight is 536 g/mol. The topological polar surface area (TPSA) is 95.2 Å². The second kappa shape index (κ2) is 14.3. The van der Waals surface area contributed by atoms with Crippen molar-refractivity contribution in [2.45, 2.75) is 27.3 Å². The van der Waals surface area contributed by atoms with E-state index in [1.165, 1.54) is 12.1 Å². The third-order valence-electron chi connectivity index (χ3n) is 5.74. The Hall–Kier alpha value is -4.91. The fourth-order valence-corrected chi connectivity index (χ4v) is 4.09. The maximum Gasteiger partial charge on any atom is 0.159 e. The van der Waals surface area contributed by atoms with Gasteiger partial charge in [-0.15, -0.1) is 5.73 Å². The number of fused-ring (bicyclic) bond motifs is 1. The fraction of sp³-hybridized carbons (Fsp3) is 0.156. The van der Waals surface area contributed by atoms with Gasteiger partial charge in [-0.1, -0.05) is 45.7 Å². The van der Waals surface area contributed by atoms with Gasteiger partial charge in [0.15, 0.2) is 5.82 Å². The number of halogens is 1. The molecule has 0 bridgehead atoms. The minimum absolute atomic E-state index is 0.304. The lowest BCUT2D eigenvalue weighted by atomic mass is 10.0. The summed E-state index contributed by atoms with van der Waals surface area (Å²) in [5.41, 5.74) is 8.35. The molecule has 0 radical (unpaired) electrons. The summed E-state index contributed by atoms with van der Waals surface area (Å²) >= 11 is 0. The van der Waals surface area contributed by atoms with Crippen LogP contribution in [0.5, 0.6) is 0 Å². The first kappa shape index (κ1) is 29.6. The van der Waals surface area contributed by atoms with Crippen LogP contribution in [-0.4, -0.2) is 37.2 Å². The van der Waals surface area contributed by atoms with Crippen LogP contribution in [0, 0.1) is 5.82 Å². The summed E-state index contributed by atoms with van der Waals surface area (Å²) < 4.78 is 14.4. The molecule has 8 heteroatoms. The van der Waals surface area contributed by atoms with Crippen LogP contribution < -0.4 is 15.9 Å². The molecular weight excluding hydrogens is 501 g/mol. The van der Waals surface area contributed by atoms with Crippen LogP contribution in [-0.2, 0) is 6.54 Å². The van der Waals surface area contributed by atoms with Gasteiger partial charge in [-0.3, -0.25) is 15.1 Å². The molecule has 0 aliphatic heterocycles. The first-order valence-corrected chi connectivity index (χ1v) is 12.9. The van der Waals surface area contributed by atoms with Gasteiger partial charge in [0.25, 0.3) is 0 Å². The van der Waals surface area contributed by atoms with Crippen molar-refractivity contribution in [3.8, 4) is 22.6 Å². The fourth-order valence-electron chi connectivity index (χ4n) is 4.09. The highest BCUT2D eigenvalue weighted by Gasteiger charge is 2.15. The van der Waals surface area contributed by atoms with Gasteiger partial charge >= 0.3 is 0 Å². The summed E-state index contributed by atoms with van der Waals surface area (Å²) in [5, 5.41) is 12.4. The molecule has 0 amide bonds. The van der Waals surface area contributed by atoms with E-state index in [0.29, 0.717) is 29.1 Å². The third kappa shape index (κ3) is 6.74. The Morgan fingerprint density at radius 2 is 1.90 bits per heavy atom. The van der Waals surface area contributed by atoms with E-state index in [1.807, 2.05) is 58.2 Å². The Bertz CT molecular complexity index is 1740. The van der Waals surface area contributed by atoms with Gasteiger partial charge in [0.2, 0.25) is 0 Å². The van der Waals surface area contributed by atoms with E-state index in [0.717, 1.165) is 38.3 Å². The minimum atomic E-state index is -0.304. The standard InChI is InChI=1S/C27H24FN7.C3H4.C2H6/c1-4-23-21(8-16(2)18-6-5-7-30-13-18)26(35-34-23)27-32-24-15-31-14-22(25(24)33-27)19-9-17(12-29-3)10-20(28)11-19;1-3-2;1-2/h4-11,13-15,29,34H,2,12H2,1,3H3,(H,32,33);1-2H2;1-2H3/b21-8+,23-4+;;. The maximum atomic E-state index is 14.4. The van der Waals surface area contributed by atoms with Crippen LogP contribution >= 0.6 is 0 Å². The summed E-state index contributed by atoms with van der Waals surface area (Å²) in [5.74, 6) is 0.275. The maximum absolute atomic E-state index is 14.4. The number of nitrogens with one attached hydrogen (secondary N) is 3. The van der Waals surface area contributed by atoms with E-state index >= 15 is 0 Å². The normalized spacial score (nSPS) is 11.3. The van der Waals surface area contributed by atoms with Crippen molar-refractivity contribution in [2.24, 2.45) is 0 Å². The zero-order chi connectivity index (χ0) is 29.1. The van der Waals surface area contributed by atoms with Crippen LogP contribution in [0.15, 0.2) is 80.6 Å². The number of allylic oxidation sites excluding steroid dienone is 1. The molecule has 7 nitrogen and oxygen atoms in total. The lowest BCUT2D eigenvalue weighted by Gasteiger charge is -2.06. The van der Waals surface area contributed by atoms with Crippen LogP contribution in [0.2, 0.25) is 0 Å². The molecule has 4 heterocycles. The Labute approximate surface area is 233 Å². The Kier molecular flexibility index (Phi) is 10.6. The number of hydrogen-bond donors (Lipinski definition) is 3. The summed E-state index contributed by atoms with van der Waals surface area (Å²) in [6, 6.07) is 8.80. The number of nitrogens with zero attached hydrogens (tertiary/aromatic N) is 4. The van der Waals surface area contributed by atoms with Crippen LogP contribution in [0.3, 0.4) is 0 Å². The minimum Gasteiger partial charge on any atom is -0.335 e. The number of aromatic nitrogens is 6. The van der Waals surface area contributed by atoms with E-state index in [9.17, 15) is 4.39 Å². The molecule has 0 saturated heterocycles. The number of imidazole rings is 1. The molecule has 0 fully saturated rings. The third-order valence-corrected chi connectivity index (χ3v) is 5.74. The van der Waals surface area contributed by atoms with E-state index in [-0.39, 0.29) is 5.82 Å². The molecule has 0 aliphatic rings. The van der Waals surface area contributed by atoms with E-state index in [2.05, 4.69) is 55.9 Å². The molecule has 204 valence electrons. The molecule has 5 aromatic rings. The average Bonchev–Trinajstić information content (AvgIpc) is 3.58. The molecule has 5 rings (SSSR count). The summed E-state index contributed by atoms with van der Waals surface area (Å²) in [6.07, 6.45) is 10.8. The van der Waals surface area contributed by atoms with Gasteiger partial charge in [0.1, 0.15) is 11.5 Å². The van der Waals surface area contributed by atoms with Gasteiger partial charge in [-0.05, 0) is 66.6 Å². The molecule has 3 N–H and O–H groups in total. The SMILES string of the molecule is C=C(/C=c1/c(-c2nc3c(-c4cc(F)cc(CNC)c4)cncc3[nH]2)n[nH]/c1=C/C)c1cccnc1.C=C=C.CC. The number of benzene rings is 1. The molecule has 0 atom stereocenters. The molecule has 4 aromatic heterocycles. The van der Waals surface area contributed by atoms with Crippen molar-refractivity contribution in [1.82, 2.24) is 35.5 Å². The second-order valence-corrected chi connectivity index (χ2v) is 8.40. The number of aromatic amines is 2. The molecule has 40 heavy (non-hydrogen) atoms. The molecule has 0 saturated carbocycles. The summed E-state index contributed by atoms with van der Waals surface area (Å²) in [6.45, 7) is 17.0. The van der Waals surface area contributed by atoms with Crippen molar-refractivity contribution in [2.75, 3.05) is 7.05 Å². The number of hydrogen-bond acceptors (Lipinski definition) is 5. The predicted octanol–water partition coefficient (Wildman–Crippen LogP) is 5.55. The van der Waals surface area contributed by atoms with E-state index < -0.39 is 0 Å². The Balaban J connectivity index is 0.000000827. The number of pyridine rings is 2. The van der Waals surface area contributed by atoms with Crippen molar-refractivity contribution >= 4 is 28.8 Å². The monoisotopic (exact) mass is 535 g/mol. The van der Waals surface area contributed by atoms with Crippen LogP contribution in [0.4, 0.5) is 4.39 Å². The van der Waals surface area contributed by atoms with E-state index in [1.54, 1.807) is 24.8 Å². The lowest BCUT2D eigenvalue weighted by Crippen LogP contribution is -2.23. The van der Waals surface area contributed by atoms with Crippen LogP contribution in [0.1, 0.15) is 31.9 Å². The van der Waals surface area contributed by atoms with Gasteiger partial charge in [-0.2, -0.15) is 5.10 Å². The first-order valence-electron chi connectivity index (χ1n) is 12.9. The van der Waals surface area contributed by atoms with Gasteiger partial charge in [0, 0.05) is 35.9 Å². The molecule has 0 aliphatic carbocycles. The Morgan fingerprint density at radius 1 is 1.12 bits per heavy atom. The highest BCUT2D eigenvalue weighted by atomic mass is 19.1. The van der Waals surface area contributed by atoms with Crippen molar-refractivity contribution in [3.63, 3.8) is 0 Å². The van der Waals surface area contributed by atoms with Crippen molar-refractivity contribution in [3.05, 3.63) is 108 Å². The zero-order valence-electron chi connectivity index (χ0n) is 23.3. The molecular formula is C32H34FN7. The van der Waals surface area contributed by atoms with Crippen molar-refractivity contribution < 1.29 is 4.39 Å². The van der Waals surface area contributed by atoms with Gasteiger partial charge in [0.05, 0.1) is 22.6 Å². The molecule has 0 unspecified atom stereocenters. The molecule has 0 spiro atoms. The quantitative estimate of drug-likeness (QED) is 0.248. The van der Waals surface area contributed by atoms with Gasteiger partial charge < -0.3 is 10.3 Å². The predicted molar refractivity (Wildman–Crippen MR) is 163 cm³/mol. The first-order chi connectivity index (χ1) is 19.5. The smallest absolute Gasteiger partial charge is 0.159 e. The Morgan fingerprint density at radius 3 is 2.58 bits per heavy atom. The second-order valence-electron chi connectivity index (χ2n) is 8.40. The highest BCUT2D eigenvalue weighted by Crippen LogP contribution is 2.29. The summed E-state index contributed by atoms with van der Waals surface area (Å²) in [7, 11) is 1.83. The molecule has 1 aromatic carbocycles. The van der Waals surface area contributed by atoms with Gasteiger partial charge in [-0.25, -0.2) is 9.37 Å². The van der Waals surface area contributed by atoms with E-state index in [4.69, 9.17) is 4.98 Å².